The number of carbonyl (C=O) groups excluding carboxylic acids is 1. The standard InChI is InChI=1S/C14H22N2O/c1-12(16-11-5-8-14(15)17)9-10-13-6-3-2-4-7-13/h2-4,6-7,12,16H,5,8-11H2,1H3,(H2,15,17). The Morgan fingerprint density at radius 3 is 2.71 bits per heavy atom. The number of amides is 1. The predicted molar refractivity (Wildman–Crippen MR) is 70.7 cm³/mol. The van der Waals surface area contributed by atoms with Crippen LogP contribution in [0.1, 0.15) is 31.7 Å². The molecular formula is C14H22N2O. The molecule has 3 N–H and O–H groups in total. The number of carbonyl (C=O) groups is 1. The summed E-state index contributed by atoms with van der Waals surface area (Å²) in [7, 11) is 0. The summed E-state index contributed by atoms with van der Waals surface area (Å²) in [5.41, 5.74) is 6.45. The second kappa shape index (κ2) is 7.85. The van der Waals surface area contributed by atoms with Gasteiger partial charge in [0.25, 0.3) is 0 Å². The Morgan fingerprint density at radius 2 is 2.06 bits per heavy atom. The van der Waals surface area contributed by atoms with E-state index in [4.69, 9.17) is 5.73 Å². The molecule has 94 valence electrons. The number of aryl methyl sites for hydroxylation is 1. The van der Waals surface area contributed by atoms with Gasteiger partial charge in [0.2, 0.25) is 5.91 Å². The van der Waals surface area contributed by atoms with Crippen molar-refractivity contribution in [2.75, 3.05) is 6.54 Å². The highest BCUT2D eigenvalue weighted by Gasteiger charge is 2.02. The van der Waals surface area contributed by atoms with Crippen molar-refractivity contribution in [1.29, 1.82) is 0 Å². The fraction of sp³-hybridized carbons (Fsp3) is 0.500. The zero-order valence-corrected chi connectivity index (χ0v) is 10.5. The minimum absolute atomic E-state index is 0.219. The highest BCUT2D eigenvalue weighted by Crippen LogP contribution is 2.04. The predicted octanol–water partition coefficient (Wildman–Crippen LogP) is 1.86. The first-order chi connectivity index (χ1) is 8.18. The first-order valence-corrected chi connectivity index (χ1v) is 6.24. The number of rotatable bonds is 8. The number of nitrogens with two attached hydrogens (primary N) is 1. The summed E-state index contributed by atoms with van der Waals surface area (Å²) in [6.45, 7) is 3.03. The molecule has 1 aromatic rings. The fourth-order valence-corrected chi connectivity index (χ4v) is 1.74. The lowest BCUT2D eigenvalue weighted by Gasteiger charge is -2.13. The van der Waals surface area contributed by atoms with Crippen LogP contribution < -0.4 is 11.1 Å². The van der Waals surface area contributed by atoms with E-state index in [1.54, 1.807) is 0 Å². The van der Waals surface area contributed by atoms with E-state index >= 15 is 0 Å². The van der Waals surface area contributed by atoms with Crippen LogP contribution in [0.4, 0.5) is 0 Å². The van der Waals surface area contributed by atoms with Crippen LogP contribution in [0.15, 0.2) is 30.3 Å². The van der Waals surface area contributed by atoms with Crippen molar-refractivity contribution < 1.29 is 4.79 Å². The topological polar surface area (TPSA) is 55.1 Å². The molecule has 1 unspecified atom stereocenters. The summed E-state index contributed by atoms with van der Waals surface area (Å²) < 4.78 is 0. The van der Waals surface area contributed by atoms with Crippen molar-refractivity contribution in [2.24, 2.45) is 5.73 Å². The summed E-state index contributed by atoms with van der Waals surface area (Å²) in [5.74, 6) is -0.219. The molecule has 0 aliphatic carbocycles. The summed E-state index contributed by atoms with van der Waals surface area (Å²) in [6.07, 6.45) is 3.49. The van der Waals surface area contributed by atoms with Crippen LogP contribution in [0, 0.1) is 0 Å². The van der Waals surface area contributed by atoms with Crippen LogP contribution in [-0.4, -0.2) is 18.5 Å². The molecule has 0 bridgehead atoms. The van der Waals surface area contributed by atoms with E-state index in [0.29, 0.717) is 12.5 Å². The molecule has 1 aromatic carbocycles. The van der Waals surface area contributed by atoms with Crippen molar-refractivity contribution in [3.8, 4) is 0 Å². The van der Waals surface area contributed by atoms with E-state index < -0.39 is 0 Å². The second-order valence-electron chi connectivity index (χ2n) is 4.45. The molecule has 3 heteroatoms. The molecule has 0 aromatic heterocycles. The molecule has 1 rings (SSSR count). The molecular weight excluding hydrogens is 212 g/mol. The van der Waals surface area contributed by atoms with Crippen molar-refractivity contribution in [3.05, 3.63) is 35.9 Å². The van der Waals surface area contributed by atoms with Gasteiger partial charge in [-0.2, -0.15) is 0 Å². The Bertz CT molecular complexity index is 324. The lowest BCUT2D eigenvalue weighted by atomic mass is 10.1. The van der Waals surface area contributed by atoms with Crippen LogP contribution in [-0.2, 0) is 11.2 Å². The summed E-state index contributed by atoms with van der Waals surface area (Å²) in [5, 5.41) is 3.40. The van der Waals surface area contributed by atoms with Gasteiger partial charge in [-0.25, -0.2) is 0 Å². The third-order valence-corrected chi connectivity index (χ3v) is 2.80. The maximum Gasteiger partial charge on any atom is 0.217 e. The van der Waals surface area contributed by atoms with E-state index in [2.05, 4.69) is 36.5 Å². The molecule has 0 aliphatic heterocycles. The molecule has 0 saturated heterocycles. The maximum atomic E-state index is 10.5. The third-order valence-electron chi connectivity index (χ3n) is 2.80. The Labute approximate surface area is 103 Å². The monoisotopic (exact) mass is 234 g/mol. The highest BCUT2D eigenvalue weighted by atomic mass is 16.1. The van der Waals surface area contributed by atoms with Gasteiger partial charge in [-0.05, 0) is 38.3 Å². The van der Waals surface area contributed by atoms with Gasteiger partial charge in [0.1, 0.15) is 0 Å². The van der Waals surface area contributed by atoms with Crippen molar-refractivity contribution in [3.63, 3.8) is 0 Å². The van der Waals surface area contributed by atoms with Crippen LogP contribution >= 0.6 is 0 Å². The number of benzene rings is 1. The zero-order valence-electron chi connectivity index (χ0n) is 10.5. The molecule has 1 atom stereocenters. The largest absolute Gasteiger partial charge is 0.370 e. The molecule has 0 fully saturated rings. The van der Waals surface area contributed by atoms with Gasteiger partial charge in [-0.1, -0.05) is 30.3 Å². The lowest BCUT2D eigenvalue weighted by Crippen LogP contribution is -2.28. The van der Waals surface area contributed by atoms with Crippen molar-refractivity contribution >= 4 is 5.91 Å². The van der Waals surface area contributed by atoms with Crippen LogP contribution in [0.25, 0.3) is 0 Å². The number of nitrogens with one attached hydrogen (secondary N) is 1. The normalized spacial score (nSPS) is 12.3. The maximum absolute atomic E-state index is 10.5. The zero-order chi connectivity index (χ0) is 12.5. The second-order valence-corrected chi connectivity index (χ2v) is 4.45. The van der Waals surface area contributed by atoms with Gasteiger partial charge in [0.05, 0.1) is 0 Å². The highest BCUT2D eigenvalue weighted by molar-refractivity contribution is 5.73. The minimum Gasteiger partial charge on any atom is -0.370 e. The van der Waals surface area contributed by atoms with Crippen LogP contribution in [0.3, 0.4) is 0 Å². The summed E-state index contributed by atoms with van der Waals surface area (Å²) in [6, 6.07) is 11.0. The average Bonchev–Trinajstić information content (AvgIpc) is 2.33. The minimum atomic E-state index is -0.219. The fourth-order valence-electron chi connectivity index (χ4n) is 1.74. The smallest absolute Gasteiger partial charge is 0.217 e. The van der Waals surface area contributed by atoms with Crippen LogP contribution in [0.2, 0.25) is 0 Å². The van der Waals surface area contributed by atoms with E-state index in [1.807, 2.05) is 6.07 Å². The lowest BCUT2D eigenvalue weighted by molar-refractivity contribution is -0.118. The van der Waals surface area contributed by atoms with E-state index in [1.165, 1.54) is 5.56 Å². The van der Waals surface area contributed by atoms with Gasteiger partial charge in [-0.3, -0.25) is 4.79 Å². The van der Waals surface area contributed by atoms with Crippen LogP contribution in [0.5, 0.6) is 0 Å². The van der Waals surface area contributed by atoms with Gasteiger partial charge in [0, 0.05) is 12.5 Å². The van der Waals surface area contributed by atoms with Gasteiger partial charge >= 0.3 is 0 Å². The number of primary amides is 1. The van der Waals surface area contributed by atoms with E-state index in [9.17, 15) is 4.79 Å². The third kappa shape index (κ3) is 6.74. The first kappa shape index (κ1) is 13.7. The summed E-state index contributed by atoms with van der Waals surface area (Å²) in [4.78, 5) is 10.5. The quantitative estimate of drug-likeness (QED) is 0.675. The Balaban J connectivity index is 2.09. The SMILES string of the molecule is CC(CCc1ccccc1)NCCCC(N)=O. The Kier molecular flexibility index (Phi) is 6.33. The molecule has 0 saturated carbocycles. The first-order valence-electron chi connectivity index (χ1n) is 6.24. The summed E-state index contributed by atoms with van der Waals surface area (Å²) >= 11 is 0. The number of hydrogen-bond donors (Lipinski definition) is 2. The van der Waals surface area contributed by atoms with Gasteiger partial charge in [-0.15, -0.1) is 0 Å². The molecule has 0 spiro atoms. The van der Waals surface area contributed by atoms with Gasteiger partial charge < -0.3 is 11.1 Å². The molecule has 17 heavy (non-hydrogen) atoms. The van der Waals surface area contributed by atoms with Crippen molar-refractivity contribution in [2.45, 2.75) is 38.6 Å². The molecule has 1 amide bonds. The molecule has 0 aliphatic rings. The Morgan fingerprint density at radius 1 is 1.35 bits per heavy atom. The van der Waals surface area contributed by atoms with E-state index in [-0.39, 0.29) is 5.91 Å². The average molecular weight is 234 g/mol. The molecule has 0 heterocycles. The van der Waals surface area contributed by atoms with Crippen molar-refractivity contribution in [1.82, 2.24) is 5.32 Å². The molecule has 3 nitrogen and oxygen atoms in total. The Hall–Kier alpha value is -1.35. The van der Waals surface area contributed by atoms with Gasteiger partial charge in [0.15, 0.2) is 0 Å². The molecule has 0 radical (unpaired) electrons. The number of hydrogen-bond acceptors (Lipinski definition) is 2. The van der Waals surface area contributed by atoms with E-state index in [0.717, 1.165) is 25.8 Å².